The highest BCUT2D eigenvalue weighted by atomic mass is 35.5. The van der Waals surface area contributed by atoms with Crippen LogP contribution < -0.4 is 19.7 Å². The van der Waals surface area contributed by atoms with Gasteiger partial charge in [-0.15, -0.1) is 0 Å². The topological polar surface area (TPSA) is 124 Å². The van der Waals surface area contributed by atoms with Crippen LogP contribution in [0.3, 0.4) is 0 Å². The zero-order valence-corrected chi connectivity index (χ0v) is 20.9. The second kappa shape index (κ2) is 10.8. The number of rotatable bonds is 7. The van der Waals surface area contributed by atoms with Crippen LogP contribution in [0.1, 0.15) is 21.9 Å². The Morgan fingerprint density at radius 2 is 1.81 bits per heavy atom. The lowest BCUT2D eigenvalue weighted by atomic mass is 10.1. The van der Waals surface area contributed by atoms with Gasteiger partial charge in [0.05, 0.1) is 24.9 Å². The smallest absolute Gasteiger partial charge is 0.373 e. The van der Waals surface area contributed by atoms with Crippen molar-refractivity contribution in [1.82, 2.24) is 5.32 Å². The highest BCUT2D eigenvalue weighted by Gasteiger charge is 2.37. The van der Waals surface area contributed by atoms with E-state index < -0.39 is 23.8 Å². The Morgan fingerprint density at radius 1 is 1.03 bits per heavy atom. The minimum atomic E-state index is -0.939. The summed E-state index contributed by atoms with van der Waals surface area (Å²) in [6, 6.07) is 11.0. The molecule has 37 heavy (non-hydrogen) atoms. The first-order chi connectivity index (χ1) is 17.7. The van der Waals surface area contributed by atoms with Gasteiger partial charge in [-0.2, -0.15) is 0 Å². The number of esters is 1. The number of halogens is 2. The van der Waals surface area contributed by atoms with Gasteiger partial charge < -0.3 is 18.6 Å². The van der Waals surface area contributed by atoms with Crippen LogP contribution in [0.4, 0.5) is 10.5 Å². The van der Waals surface area contributed by atoms with E-state index in [-0.39, 0.29) is 28.7 Å². The van der Waals surface area contributed by atoms with Gasteiger partial charge in [-0.1, -0.05) is 29.3 Å². The van der Waals surface area contributed by atoms with Crippen LogP contribution in [0.25, 0.3) is 6.08 Å². The van der Waals surface area contributed by atoms with Crippen LogP contribution in [0, 0.1) is 0 Å². The number of carbonyl (C=O) groups excluding carboxylic acids is 4. The molecule has 0 unspecified atom stereocenters. The number of amides is 4. The van der Waals surface area contributed by atoms with E-state index in [0.29, 0.717) is 27.8 Å². The highest BCUT2D eigenvalue weighted by molar-refractivity contribution is 6.42. The second-order valence-electron chi connectivity index (χ2n) is 7.51. The number of furan rings is 1. The van der Waals surface area contributed by atoms with E-state index in [1.807, 2.05) is 0 Å². The van der Waals surface area contributed by atoms with Crippen LogP contribution in [0.5, 0.6) is 11.5 Å². The molecule has 1 aromatic heterocycles. The molecule has 2 heterocycles. The minimum Gasteiger partial charge on any atom is -0.493 e. The summed E-state index contributed by atoms with van der Waals surface area (Å²) in [5.74, 6) is -1.29. The molecule has 0 aliphatic carbocycles. The maximum absolute atomic E-state index is 13.1. The molecule has 0 saturated carbocycles. The lowest BCUT2D eigenvalue weighted by molar-refractivity contribution is -0.122. The Labute approximate surface area is 220 Å². The SMILES string of the molecule is COC(=O)c1ccc(COc2ccc(/C=C3/C(=O)NC(=O)N(c4ccc(Cl)cc4Cl)C3=O)cc2OC)o1. The average Bonchev–Trinajstić information content (AvgIpc) is 3.35. The monoisotopic (exact) mass is 544 g/mol. The average molecular weight is 545 g/mol. The molecule has 1 aliphatic rings. The molecule has 12 heteroatoms. The van der Waals surface area contributed by atoms with Crippen LogP contribution in [-0.2, 0) is 20.9 Å². The molecule has 2 aromatic carbocycles. The number of nitrogens with one attached hydrogen (secondary N) is 1. The number of methoxy groups -OCH3 is 2. The van der Waals surface area contributed by atoms with Crippen molar-refractivity contribution in [1.29, 1.82) is 0 Å². The summed E-state index contributed by atoms with van der Waals surface area (Å²) in [7, 11) is 2.66. The van der Waals surface area contributed by atoms with Crippen molar-refractivity contribution in [3.8, 4) is 11.5 Å². The van der Waals surface area contributed by atoms with E-state index in [2.05, 4.69) is 10.1 Å². The molecule has 1 N–H and O–H groups in total. The molecule has 0 bridgehead atoms. The molecule has 4 rings (SSSR count). The molecule has 3 aromatic rings. The van der Waals surface area contributed by atoms with Crippen molar-refractivity contribution in [2.45, 2.75) is 6.61 Å². The lowest BCUT2D eigenvalue weighted by Crippen LogP contribution is -2.54. The largest absolute Gasteiger partial charge is 0.493 e. The summed E-state index contributed by atoms with van der Waals surface area (Å²) < 4.78 is 21.1. The number of barbiturate groups is 1. The summed E-state index contributed by atoms with van der Waals surface area (Å²) in [6.45, 7) is -0.00634. The number of urea groups is 1. The third-order valence-electron chi connectivity index (χ3n) is 5.17. The quantitative estimate of drug-likeness (QED) is 0.259. The molecule has 0 spiro atoms. The fourth-order valence-corrected chi connectivity index (χ4v) is 3.91. The van der Waals surface area contributed by atoms with Gasteiger partial charge >= 0.3 is 12.0 Å². The molecule has 1 aliphatic heterocycles. The van der Waals surface area contributed by atoms with Crippen molar-refractivity contribution >= 4 is 58.8 Å². The minimum absolute atomic E-state index is 0.00634. The lowest BCUT2D eigenvalue weighted by Gasteiger charge is -2.27. The van der Waals surface area contributed by atoms with Crippen LogP contribution in [0.2, 0.25) is 10.0 Å². The maximum Gasteiger partial charge on any atom is 0.373 e. The van der Waals surface area contributed by atoms with Crippen molar-refractivity contribution in [2.75, 3.05) is 19.1 Å². The summed E-state index contributed by atoms with van der Waals surface area (Å²) >= 11 is 12.1. The number of nitrogens with zero attached hydrogens (tertiary/aromatic N) is 1. The first-order valence-electron chi connectivity index (χ1n) is 10.6. The fourth-order valence-electron chi connectivity index (χ4n) is 3.41. The molecule has 1 saturated heterocycles. The molecule has 0 atom stereocenters. The molecule has 10 nitrogen and oxygen atoms in total. The van der Waals surface area contributed by atoms with E-state index >= 15 is 0 Å². The van der Waals surface area contributed by atoms with E-state index in [1.165, 1.54) is 44.6 Å². The number of hydrogen-bond acceptors (Lipinski definition) is 8. The van der Waals surface area contributed by atoms with Gasteiger partial charge in [-0.3, -0.25) is 14.9 Å². The molecule has 4 amide bonds. The van der Waals surface area contributed by atoms with Gasteiger partial charge in [0.2, 0.25) is 5.76 Å². The Morgan fingerprint density at radius 3 is 2.51 bits per heavy atom. The number of carbonyl (C=O) groups is 4. The third-order valence-corrected chi connectivity index (χ3v) is 5.71. The highest BCUT2D eigenvalue weighted by Crippen LogP contribution is 2.33. The number of ether oxygens (including phenoxy) is 3. The van der Waals surface area contributed by atoms with Gasteiger partial charge in [0.25, 0.3) is 11.8 Å². The Bertz CT molecular complexity index is 1450. The predicted octanol–water partition coefficient (Wildman–Crippen LogP) is 4.63. The summed E-state index contributed by atoms with van der Waals surface area (Å²) in [6.07, 6.45) is 1.31. The normalized spacial score (nSPS) is 14.5. The second-order valence-corrected chi connectivity index (χ2v) is 8.35. The summed E-state index contributed by atoms with van der Waals surface area (Å²) in [5.41, 5.74) is 0.194. The van der Waals surface area contributed by atoms with Gasteiger partial charge in [0.1, 0.15) is 17.9 Å². The first-order valence-corrected chi connectivity index (χ1v) is 11.3. The number of benzene rings is 2. The maximum atomic E-state index is 13.1. The Balaban J connectivity index is 1.57. The number of hydrogen-bond donors (Lipinski definition) is 1. The Hall–Kier alpha value is -4.28. The van der Waals surface area contributed by atoms with Gasteiger partial charge in [0, 0.05) is 5.02 Å². The number of anilines is 1. The number of imide groups is 2. The standard InChI is InChI=1S/C25H18Cl2N2O8/c1-34-21-10-13(3-7-19(21)36-12-15-5-8-20(37-15)24(32)35-2)9-16-22(30)28-25(33)29(23(16)31)18-6-4-14(26)11-17(18)27/h3-11H,12H2,1-2H3,(H,28,30,33)/b16-9-. The molecule has 190 valence electrons. The van der Waals surface area contributed by atoms with Crippen molar-refractivity contribution in [3.63, 3.8) is 0 Å². The van der Waals surface area contributed by atoms with Crippen LogP contribution >= 0.6 is 23.2 Å². The van der Waals surface area contributed by atoms with Gasteiger partial charge in [0.15, 0.2) is 11.5 Å². The molecular weight excluding hydrogens is 527 g/mol. The molecular formula is C25H18Cl2N2O8. The van der Waals surface area contributed by atoms with E-state index in [9.17, 15) is 19.2 Å². The predicted molar refractivity (Wildman–Crippen MR) is 133 cm³/mol. The third kappa shape index (κ3) is 5.45. The van der Waals surface area contributed by atoms with Crippen molar-refractivity contribution in [2.24, 2.45) is 0 Å². The Kier molecular flexibility index (Phi) is 7.51. The van der Waals surface area contributed by atoms with Crippen molar-refractivity contribution < 1.29 is 37.8 Å². The van der Waals surface area contributed by atoms with E-state index in [0.717, 1.165) is 4.90 Å². The molecule has 0 radical (unpaired) electrons. The zero-order valence-electron chi connectivity index (χ0n) is 19.4. The molecule has 1 fully saturated rings. The summed E-state index contributed by atoms with van der Waals surface area (Å²) in [4.78, 5) is 50.3. The zero-order chi connectivity index (χ0) is 26.7. The summed E-state index contributed by atoms with van der Waals surface area (Å²) in [5, 5.41) is 2.51. The van der Waals surface area contributed by atoms with Crippen LogP contribution in [-0.4, -0.2) is 38.0 Å². The van der Waals surface area contributed by atoms with Crippen LogP contribution in [0.15, 0.2) is 58.5 Å². The van der Waals surface area contributed by atoms with E-state index in [4.69, 9.17) is 37.1 Å². The first kappa shape index (κ1) is 25.8. The van der Waals surface area contributed by atoms with E-state index in [1.54, 1.807) is 24.3 Å². The van der Waals surface area contributed by atoms with Gasteiger partial charge in [-0.25, -0.2) is 14.5 Å². The van der Waals surface area contributed by atoms with Crippen molar-refractivity contribution in [3.05, 3.63) is 81.2 Å². The van der Waals surface area contributed by atoms with Gasteiger partial charge in [-0.05, 0) is 54.1 Å². The fraction of sp³-hybridized carbons (Fsp3) is 0.120.